The quantitative estimate of drug-likeness (QED) is 0.865. The third-order valence-electron chi connectivity index (χ3n) is 2.35. The summed E-state index contributed by atoms with van der Waals surface area (Å²) in [6.07, 6.45) is -0.0872. The Kier molecular flexibility index (Phi) is 4.90. The lowest BCUT2D eigenvalue weighted by atomic mass is 10.0. The molecule has 0 saturated carbocycles. The maximum atomic E-state index is 13.3. The molecule has 0 saturated heterocycles. The molecule has 1 aromatic rings. The Hall–Kier alpha value is -0.930. The molecule has 1 aromatic carbocycles. The first-order valence-electron chi connectivity index (χ1n) is 5.20. The number of carbonyl (C=O) groups excluding carboxylic acids is 1. The summed E-state index contributed by atoms with van der Waals surface area (Å²) in [5.74, 6) is -0.904. The predicted molar refractivity (Wildman–Crippen MR) is 61.0 cm³/mol. The predicted octanol–water partition coefficient (Wildman–Crippen LogP) is 2.75. The second-order valence-corrected chi connectivity index (χ2v) is 4.05. The zero-order valence-corrected chi connectivity index (χ0v) is 9.80. The number of rotatable bonds is 5. The summed E-state index contributed by atoms with van der Waals surface area (Å²) < 4.78 is 13.3. The van der Waals surface area contributed by atoms with Crippen molar-refractivity contribution in [3.63, 3.8) is 0 Å². The molecule has 16 heavy (non-hydrogen) atoms. The van der Waals surface area contributed by atoms with Gasteiger partial charge in [-0.15, -0.1) is 0 Å². The maximum absolute atomic E-state index is 13.3. The van der Waals surface area contributed by atoms with Gasteiger partial charge in [0.15, 0.2) is 5.78 Å². The van der Waals surface area contributed by atoms with Crippen LogP contribution in [0.25, 0.3) is 0 Å². The summed E-state index contributed by atoms with van der Waals surface area (Å²) in [6, 6.07) is 4.26. The molecule has 0 bridgehead atoms. The number of aliphatic hydroxyl groups excluding tert-OH is 1. The molecular weight excluding hydrogens is 231 g/mol. The molecule has 0 amide bonds. The van der Waals surface area contributed by atoms with Gasteiger partial charge >= 0.3 is 0 Å². The van der Waals surface area contributed by atoms with Gasteiger partial charge in [-0.2, -0.15) is 0 Å². The second kappa shape index (κ2) is 5.97. The van der Waals surface area contributed by atoms with Gasteiger partial charge in [0, 0.05) is 17.0 Å². The normalized spacial score (nSPS) is 12.5. The largest absolute Gasteiger partial charge is 0.385 e. The fraction of sp³-hybridized carbons (Fsp3) is 0.417. The van der Waals surface area contributed by atoms with Gasteiger partial charge in [0.2, 0.25) is 0 Å². The Morgan fingerprint density at radius 1 is 1.56 bits per heavy atom. The van der Waals surface area contributed by atoms with Crippen molar-refractivity contribution in [3.05, 3.63) is 34.6 Å². The molecule has 1 unspecified atom stereocenters. The number of Topliss-reactive ketones (excluding diaryl/α,β-unsaturated/α-hetero) is 1. The fourth-order valence-corrected chi connectivity index (χ4v) is 1.66. The number of hydrogen-bond acceptors (Lipinski definition) is 2. The summed E-state index contributed by atoms with van der Waals surface area (Å²) >= 11 is 5.78. The van der Waals surface area contributed by atoms with Crippen molar-refractivity contribution in [2.45, 2.75) is 32.3 Å². The molecule has 1 rings (SSSR count). The van der Waals surface area contributed by atoms with Crippen LogP contribution in [0.3, 0.4) is 0 Å². The highest BCUT2D eigenvalue weighted by atomic mass is 35.5. The van der Waals surface area contributed by atoms with E-state index in [9.17, 15) is 14.3 Å². The van der Waals surface area contributed by atoms with E-state index in [2.05, 4.69) is 0 Å². The minimum atomic E-state index is -1.03. The van der Waals surface area contributed by atoms with Gasteiger partial charge in [-0.1, -0.05) is 31.0 Å². The number of carbonyl (C=O) groups is 1. The summed E-state index contributed by atoms with van der Waals surface area (Å²) in [5, 5.41) is 9.67. The minimum absolute atomic E-state index is 0.157. The molecule has 2 nitrogen and oxygen atoms in total. The van der Waals surface area contributed by atoms with Crippen molar-refractivity contribution in [2.24, 2.45) is 0 Å². The van der Waals surface area contributed by atoms with Gasteiger partial charge in [0.05, 0.1) is 0 Å². The van der Waals surface area contributed by atoms with Crippen LogP contribution in [0, 0.1) is 5.82 Å². The fourth-order valence-electron chi connectivity index (χ4n) is 1.43. The van der Waals surface area contributed by atoms with Crippen molar-refractivity contribution < 1.29 is 14.3 Å². The van der Waals surface area contributed by atoms with Crippen molar-refractivity contribution in [3.8, 4) is 0 Å². The average molecular weight is 245 g/mol. The van der Waals surface area contributed by atoms with Crippen molar-refractivity contribution >= 4 is 17.4 Å². The summed E-state index contributed by atoms with van der Waals surface area (Å²) in [7, 11) is 0. The van der Waals surface area contributed by atoms with E-state index < -0.39 is 17.7 Å². The van der Waals surface area contributed by atoms with Gasteiger partial charge in [0.25, 0.3) is 0 Å². The lowest BCUT2D eigenvalue weighted by Gasteiger charge is -2.09. The van der Waals surface area contributed by atoms with Crippen molar-refractivity contribution in [1.29, 1.82) is 0 Å². The topological polar surface area (TPSA) is 37.3 Å². The monoisotopic (exact) mass is 244 g/mol. The van der Waals surface area contributed by atoms with E-state index in [1.165, 1.54) is 18.2 Å². The molecule has 0 aromatic heterocycles. The number of halogens is 2. The van der Waals surface area contributed by atoms with Gasteiger partial charge in [-0.3, -0.25) is 4.79 Å². The molecule has 1 atom stereocenters. The van der Waals surface area contributed by atoms with Crippen LogP contribution in [-0.4, -0.2) is 17.0 Å². The first-order chi connectivity index (χ1) is 7.56. The van der Waals surface area contributed by atoms with E-state index >= 15 is 0 Å². The zero-order valence-electron chi connectivity index (χ0n) is 9.04. The maximum Gasteiger partial charge on any atom is 0.165 e. The van der Waals surface area contributed by atoms with Crippen molar-refractivity contribution in [2.75, 3.05) is 0 Å². The highest BCUT2D eigenvalue weighted by Gasteiger charge is 2.17. The van der Waals surface area contributed by atoms with E-state index in [-0.39, 0.29) is 17.0 Å². The van der Waals surface area contributed by atoms with Gasteiger partial charge in [-0.25, -0.2) is 4.39 Å². The van der Waals surface area contributed by atoms with Crippen LogP contribution in [0.4, 0.5) is 4.39 Å². The van der Waals surface area contributed by atoms with E-state index in [1.807, 2.05) is 6.92 Å². The van der Waals surface area contributed by atoms with Crippen LogP contribution in [0.5, 0.6) is 0 Å². The third kappa shape index (κ3) is 3.29. The standard InChI is InChI=1S/C12H14ClFO2/c1-2-4-11(15)12(16)7-8-9(13)5-3-6-10(8)14/h3,5-6,11,15H,2,4,7H2,1H3. The van der Waals surface area contributed by atoms with Gasteiger partial charge < -0.3 is 5.11 Å². The highest BCUT2D eigenvalue weighted by molar-refractivity contribution is 6.31. The number of ketones is 1. The van der Waals surface area contributed by atoms with Crippen LogP contribution < -0.4 is 0 Å². The molecule has 88 valence electrons. The first-order valence-corrected chi connectivity index (χ1v) is 5.57. The lowest BCUT2D eigenvalue weighted by molar-refractivity contribution is -0.126. The Balaban J connectivity index is 2.77. The van der Waals surface area contributed by atoms with Crippen LogP contribution in [0.2, 0.25) is 5.02 Å². The van der Waals surface area contributed by atoms with Crippen LogP contribution in [0.1, 0.15) is 25.3 Å². The highest BCUT2D eigenvalue weighted by Crippen LogP contribution is 2.20. The Morgan fingerprint density at radius 2 is 2.25 bits per heavy atom. The van der Waals surface area contributed by atoms with E-state index in [0.717, 1.165) is 0 Å². The summed E-state index contributed by atoms with van der Waals surface area (Å²) in [6.45, 7) is 1.87. The van der Waals surface area contributed by atoms with Crippen molar-refractivity contribution in [1.82, 2.24) is 0 Å². The Morgan fingerprint density at radius 3 is 2.81 bits per heavy atom. The summed E-state index contributed by atoms with van der Waals surface area (Å²) in [4.78, 5) is 11.5. The third-order valence-corrected chi connectivity index (χ3v) is 2.70. The van der Waals surface area contributed by atoms with Gasteiger partial charge in [-0.05, 0) is 18.6 Å². The van der Waals surface area contributed by atoms with E-state index in [0.29, 0.717) is 12.8 Å². The molecule has 0 radical (unpaired) electrons. The first kappa shape index (κ1) is 13.1. The zero-order chi connectivity index (χ0) is 12.1. The molecule has 0 aliphatic heterocycles. The van der Waals surface area contributed by atoms with E-state index in [4.69, 9.17) is 11.6 Å². The molecule has 0 aliphatic rings. The van der Waals surface area contributed by atoms with Gasteiger partial charge in [0.1, 0.15) is 11.9 Å². The Labute approximate surface area is 99.0 Å². The second-order valence-electron chi connectivity index (χ2n) is 3.65. The van der Waals surface area contributed by atoms with E-state index in [1.54, 1.807) is 0 Å². The molecule has 0 aliphatic carbocycles. The smallest absolute Gasteiger partial charge is 0.165 e. The Bertz CT molecular complexity index is 359. The average Bonchev–Trinajstić information content (AvgIpc) is 2.23. The molecule has 0 heterocycles. The number of aliphatic hydroxyl groups is 1. The molecule has 1 N–H and O–H groups in total. The van der Waals surface area contributed by atoms with Crippen LogP contribution >= 0.6 is 11.6 Å². The number of hydrogen-bond donors (Lipinski definition) is 1. The molecular formula is C12H14ClFO2. The minimum Gasteiger partial charge on any atom is -0.385 e. The molecule has 0 fully saturated rings. The molecule has 4 heteroatoms. The number of benzene rings is 1. The lowest BCUT2D eigenvalue weighted by Crippen LogP contribution is -2.22. The molecule has 0 spiro atoms. The van der Waals surface area contributed by atoms with Crippen LogP contribution in [0.15, 0.2) is 18.2 Å². The summed E-state index contributed by atoms with van der Waals surface area (Å²) in [5.41, 5.74) is 0.157. The van der Waals surface area contributed by atoms with Crippen LogP contribution in [-0.2, 0) is 11.2 Å². The SMILES string of the molecule is CCCC(O)C(=O)Cc1c(F)cccc1Cl.